The first-order valence-electron chi connectivity index (χ1n) is 10.3. The Morgan fingerprint density at radius 2 is 1.65 bits per heavy atom. The zero-order chi connectivity index (χ0) is 22.4. The zero-order valence-electron chi connectivity index (χ0n) is 17.6. The summed E-state index contributed by atoms with van der Waals surface area (Å²) in [6.45, 7) is 1.36. The van der Waals surface area contributed by atoms with Crippen LogP contribution in [0.2, 0.25) is 5.02 Å². The van der Waals surface area contributed by atoms with Crippen LogP contribution in [0.1, 0.15) is 59.7 Å². The molecule has 7 nitrogen and oxygen atoms in total. The third kappa shape index (κ3) is 5.76. The van der Waals surface area contributed by atoms with Crippen molar-refractivity contribution >= 4 is 40.7 Å². The number of ether oxygens (including phenoxy) is 1. The fourth-order valence-corrected chi connectivity index (χ4v) is 3.89. The standard InChI is InChI=1S/C23H26ClN3O4/c1-14(28)25-20-13-21(31-2)17(12-18(20)24)23(30)27-19-11-7-6-10-16(19)22(29)26-15-8-4-3-5-9-15/h6-7,10-13,15H,3-5,8-9H2,1-2H3,(H,25,28)(H,26,29)(H,27,30). The van der Waals surface area contributed by atoms with E-state index in [1.807, 2.05) is 0 Å². The molecule has 0 unspecified atom stereocenters. The third-order valence-corrected chi connectivity index (χ3v) is 5.52. The summed E-state index contributed by atoms with van der Waals surface area (Å²) in [6.07, 6.45) is 5.36. The average molecular weight is 444 g/mol. The van der Waals surface area contributed by atoms with Crippen LogP contribution in [0.3, 0.4) is 0 Å². The molecule has 0 saturated heterocycles. The number of benzene rings is 2. The number of para-hydroxylation sites is 1. The van der Waals surface area contributed by atoms with E-state index >= 15 is 0 Å². The first kappa shape index (κ1) is 22.6. The third-order valence-electron chi connectivity index (χ3n) is 5.20. The molecule has 2 aromatic rings. The Bertz CT molecular complexity index is 987. The minimum atomic E-state index is -0.481. The lowest BCUT2D eigenvalue weighted by Crippen LogP contribution is -2.36. The fourth-order valence-electron chi connectivity index (χ4n) is 3.67. The number of halogens is 1. The summed E-state index contributed by atoms with van der Waals surface area (Å²) in [5.74, 6) is -0.742. The van der Waals surface area contributed by atoms with E-state index in [0.717, 1.165) is 25.7 Å². The Morgan fingerprint density at radius 1 is 0.935 bits per heavy atom. The summed E-state index contributed by atoms with van der Waals surface area (Å²) in [7, 11) is 1.42. The van der Waals surface area contributed by atoms with E-state index in [9.17, 15) is 14.4 Å². The molecule has 0 heterocycles. The van der Waals surface area contributed by atoms with Crippen molar-refractivity contribution in [2.24, 2.45) is 0 Å². The molecule has 3 amide bonds. The monoisotopic (exact) mass is 443 g/mol. The van der Waals surface area contributed by atoms with Crippen molar-refractivity contribution in [1.29, 1.82) is 0 Å². The molecule has 0 aromatic heterocycles. The van der Waals surface area contributed by atoms with Gasteiger partial charge in [0.05, 0.1) is 34.6 Å². The molecule has 1 aliphatic rings. The van der Waals surface area contributed by atoms with Crippen LogP contribution in [-0.4, -0.2) is 30.9 Å². The van der Waals surface area contributed by atoms with Crippen molar-refractivity contribution in [1.82, 2.24) is 5.32 Å². The van der Waals surface area contributed by atoms with Gasteiger partial charge in [-0.2, -0.15) is 0 Å². The summed E-state index contributed by atoms with van der Waals surface area (Å²) < 4.78 is 5.31. The molecule has 164 valence electrons. The topological polar surface area (TPSA) is 96.5 Å². The molecule has 1 fully saturated rings. The van der Waals surface area contributed by atoms with Crippen molar-refractivity contribution < 1.29 is 19.1 Å². The molecule has 0 bridgehead atoms. The van der Waals surface area contributed by atoms with Crippen molar-refractivity contribution in [2.75, 3.05) is 17.7 Å². The Kier molecular flexibility index (Phi) is 7.52. The number of hydrogen-bond donors (Lipinski definition) is 3. The fraction of sp³-hybridized carbons (Fsp3) is 0.348. The van der Waals surface area contributed by atoms with Crippen molar-refractivity contribution in [2.45, 2.75) is 45.1 Å². The number of carbonyl (C=O) groups is 3. The average Bonchev–Trinajstić information content (AvgIpc) is 2.75. The van der Waals surface area contributed by atoms with Crippen LogP contribution < -0.4 is 20.7 Å². The highest BCUT2D eigenvalue weighted by Gasteiger charge is 2.21. The van der Waals surface area contributed by atoms with Gasteiger partial charge in [0.1, 0.15) is 5.75 Å². The van der Waals surface area contributed by atoms with Crippen LogP contribution >= 0.6 is 11.6 Å². The Morgan fingerprint density at radius 3 is 2.32 bits per heavy atom. The Hall–Kier alpha value is -3.06. The Balaban J connectivity index is 1.81. The van der Waals surface area contributed by atoms with Crippen LogP contribution in [0.5, 0.6) is 5.75 Å². The van der Waals surface area contributed by atoms with Gasteiger partial charge in [0.2, 0.25) is 5.91 Å². The number of nitrogens with one attached hydrogen (secondary N) is 3. The number of carbonyl (C=O) groups excluding carboxylic acids is 3. The van der Waals surface area contributed by atoms with E-state index in [0.29, 0.717) is 16.9 Å². The van der Waals surface area contributed by atoms with Crippen molar-refractivity contribution in [3.8, 4) is 5.75 Å². The Labute approximate surface area is 186 Å². The lowest BCUT2D eigenvalue weighted by molar-refractivity contribution is -0.114. The lowest BCUT2D eigenvalue weighted by Gasteiger charge is -2.23. The van der Waals surface area contributed by atoms with E-state index in [4.69, 9.17) is 16.3 Å². The second-order valence-electron chi connectivity index (χ2n) is 7.52. The summed E-state index contributed by atoms with van der Waals surface area (Å²) >= 11 is 6.23. The summed E-state index contributed by atoms with van der Waals surface area (Å²) in [6, 6.07) is 9.92. The zero-order valence-corrected chi connectivity index (χ0v) is 18.3. The van der Waals surface area contributed by atoms with Crippen LogP contribution in [0, 0.1) is 0 Å². The van der Waals surface area contributed by atoms with Gasteiger partial charge < -0.3 is 20.7 Å². The quantitative estimate of drug-likeness (QED) is 0.606. The maximum Gasteiger partial charge on any atom is 0.259 e. The number of methoxy groups -OCH3 is 1. The van der Waals surface area contributed by atoms with Gasteiger partial charge in [0.15, 0.2) is 0 Å². The van der Waals surface area contributed by atoms with E-state index < -0.39 is 5.91 Å². The van der Waals surface area contributed by atoms with Crippen LogP contribution in [-0.2, 0) is 4.79 Å². The first-order valence-corrected chi connectivity index (χ1v) is 10.6. The molecule has 1 aliphatic carbocycles. The van der Waals surface area contributed by atoms with Crippen LogP contribution in [0.4, 0.5) is 11.4 Å². The van der Waals surface area contributed by atoms with E-state index in [1.165, 1.54) is 32.6 Å². The van der Waals surface area contributed by atoms with Gasteiger partial charge in [0.25, 0.3) is 11.8 Å². The molecular weight excluding hydrogens is 418 g/mol. The highest BCUT2D eigenvalue weighted by atomic mass is 35.5. The molecule has 8 heteroatoms. The number of rotatable bonds is 6. The van der Waals surface area contributed by atoms with Gasteiger partial charge in [-0.1, -0.05) is 43.0 Å². The smallest absolute Gasteiger partial charge is 0.259 e. The van der Waals surface area contributed by atoms with Crippen molar-refractivity contribution in [3.05, 3.63) is 52.5 Å². The van der Waals surface area contributed by atoms with Gasteiger partial charge in [-0.3, -0.25) is 14.4 Å². The van der Waals surface area contributed by atoms with E-state index in [1.54, 1.807) is 24.3 Å². The molecule has 0 aliphatic heterocycles. The number of hydrogen-bond acceptors (Lipinski definition) is 4. The molecule has 0 radical (unpaired) electrons. The van der Waals surface area contributed by atoms with Gasteiger partial charge in [0, 0.05) is 19.0 Å². The van der Waals surface area contributed by atoms with Crippen molar-refractivity contribution in [3.63, 3.8) is 0 Å². The van der Waals surface area contributed by atoms with Gasteiger partial charge in [-0.15, -0.1) is 0 Å². The molecule has 3 rings (SSSR count). The number of amides is 3. The molecule has 3 N–H and O–H groups in total. The maximum absolute atomic E-state index is 13.0. The lowest BCUT2D eigenvalue weighted by atomic mass is 9.95. The molecule has 1 saturated carbocycles. The number of anilines is 2. The van der Waals surface area contributed by atoms with E-state index in [-0.39, 0.29) is 34.2 Å². The maximum atomic E-state index is 13.0. The summed E-state index contributed by atoms with van der Waals surface area (Å²) in [5, 5.41) is 8.64. The predicted octanol–water partition coefficient (Wildman–Crippen LogP) is 4.62. The van der Waals surface area contributed by atoms with Gasteiger partial charge >= 0.3 is 0 Å². The first-order chi connectivity index (χ1) is 14.9. The minimum absolute atomic E-state index is 0.158. The van der Waals surface area contributed by atoms with Gasteiger partial charge in [-0.25, -0.2) is 0 Å². The highest BCUT2D eigenvalue weighted by molar-refractivity contribution is 6.34. The van der Waals surface area contributed by atoms with Crippen LogP contribution in [0.25, 0.3) is 0 Å². The molecule has 0 atom stereocenters. The van der Waals surface area contributed by atoms with Gasteiger partial charge in [-0.05, 0) is 31.0 Å². The van der Waals surface area contributed by atoms with Crippen LogP contribution in [0.15, 0.2) is 36.4 Å². The molecule has 2 aromatic carbocycles. The molecule has 31 heavy (non-hydrogen) atoms. The molecule has 0 spiro atoms. The minimum Gasteiger partial charge on any atom is -0.496 e. The van der Waals surface area contributed by atoms with E-state index in [2.05, 4.69) is 16.0 Å². The highest BCUT2D eigenvalue weighted by Crippen LogP contribution is 2.32. The summed E-state index contributed by atoms with van der Waals surface area (Å²) in [5.41, 5.74) is 1.31. The predicted molar refractivity (Wildman–Crippen MR) is 121 cm³/mol. The second kappa shape index (κ2) is 10.3. The normalized spacial score (nSPS) is 13.9. The second-order valence-corrected chi connectivity index (χ2v) is 7.93. The summed E-state index contributed by atoms with van der Waals surface area (Å²) in [4.78, 5) is 37.1. The molecular formula is C23H26ClN3O4. The SMILES string of the molecule is COc1cc(NC(C)=O)c(Cl)cc1C(=O)Nc1ccccc1C(=O)NC1CCCCC1. The largest absolute Gasteiger partial charge is 0.496 e.